The Balaban J connectivity index is 2.08. The molecule has 2 rings (SSSR count). The van der Waals surface area contributed by atoms with E-state index in [1.807, 2.05) is 31.2 Å². The highest BCUT2D eigenvalue weighted by atomic mass is 35.5. The average molecular weight is 375 g/mol. The second-order valence-electron chi connectivity index (χ2n) is 4.58. The highest BCUT2D eigenvalue weighted by Gasteiger charge is 2.19. The summed E-state index contributed by atoms with van der Waals surface area (Å²) in [5.74, 6) is -0.105. The van der Waals surface area contributed by atoms with E-state index in [-0.39, 0.29) is 11.2 Å². The molecule has 6 heteroatoms. The fraction of sp³-hybridized carbons (Fsp3) is 0.188. The molecule has 0 aliphatic rings. The van der Waals surface area contributed by atoms with Gasteiger partial charge in [-0.05, 0) is 48.9 Å². The Morgan fingerprint density at radius 3 is 2.36 bits per heavy atom. The smallest absolute Gasteiger partial charge is 0.237 e. The third kappa shape index (κ3) is 4.82. The van der Waals surface area contributed by atoms with E-state index in [4.69, 9.17) is 34.8 Å². The molecule has 0 aliphatic heterocycles. The number of anilines is 1. The lowest BCUT2D eigenvalue weighted by Crippen LogP contribution is -2.24. The fourth-order valence-electron chi connectivity index (χ4n) is 1.81. The first-order valence-corrected chi connectivity index (χ1v) is 8.69. The van der Waals surface area contributed by atoms with Gasteiger partial charge in [0, 0.05) is 14.9 Å². The largest absolute Gasteiger partial charge is 0.324 e. The maximum absolute atomic E-state index is 12.4. The Bertz CT molecular complexity index is 661. The lowest BCUT2D eigenvalue weighted by Gasteiger charge is -2.15. The molecule has 0 fully saturated rings. The summed E-state index contributed by atoms with van der Waals surface area (Å²) in [4.78, 5) is 13.4. The number of hydrogen-bond donors (Lipinski definition) is 1. The van der Waals surface area contributed by atoms with Crippen molar-refractivity contribution in [3.63, 3.8) is 0 Å². The Labute approximate surface area is 149 Å². The third-order valence-corrected chi connectivity index (χ3v) is 5.13. The normalized spacial score (nSPS) is 12.0. The molecule has 0 heterocycles. The maximum atomic E-state index is 12.4. The highest BCUT2D eigenvalue weighted by molar-refractivity contribution is 8.00. The summed E-state index contributed by atoms with van der Waals surface area (Å²) in [6.45, 7) is 1.97. The van der Waals surface area contributed by atoms with E-state index in [0.29, 0.717) is 27.2 Å². The molecule has 1 atom stereocenters. The Morgan fingerprint density at radius 2 is 1.73 bits per heavy atom. The molecule has 0 spiro atoms. The van der Waals surface area contributed by atoms with Crippen LogP contribution in [0.2, 0.25) is 15.1 Å². The lowest BCUT2D eigenvalue weighted by molar-refractivity contribution is -0.115. The van der Waals surface area contributed by atoms with Gasteiger partial charge in [-0.1, -0.05) is 41.7 Å². The van der Waals surface area contributed by atoms with Gasteiger partial charge in [0.2, 0.25) is 5.91 Å². The average Bonchev–Trinajstić information content (AvgIpc) is 2.50. The van der Waals surface area contributed by atoms with Gasteiger partial charge in [0.1, 0.15) is 0 Å². The fourth-order valence-corrected chi connectivity index (χ4v) is 3.22. The van der Waals surface area contributed by atoms with Crippen molar-refractivity contribution in [2.75, 3.05) is 5.32 Å². The summed E-state index contributed by atoms with van der Waals surface area (Å²) in [6.07, 6.45) is 0.692. The van der Waals surface area contributed by atoms with Crippen LogP contribution in [0.3, 0.4) is 0 Å². The summed E-state index contributed by atoms with van der Waals surface area (Å²) in [6, 6.07) is 12.4. The van der Waals surface area contributed by atoms with Gasteiger partial charge < -0.3 is 5.32 Å². The summed E-state index contributed by atoms with van der Waals surface area (Å²) in [7, 11) is 0. The van der Waals surface area contributed by atoms with Gasteiger partial charge in [-0.2, -0.15) is 0 Å². The third-order valence-electron chi connectivity index (χ3n) is 2.94. The summed E-state index contributed by atoms with van der Waals surface area (Å²) in [5, 5.41) is 4.27. The summed E-state index contributed by atoms with van der Waals surface area (Å²) < 4.78 is 0. The van der Waals surface area contributed by atoms with Crippen LogP contribution in [-0.4, -0.2) is 11.2 Å². The van der Waals surface area contributed by atoms with Crippen LogP contribution >= 0.6 is 46.6 Å². The molecule has 22 heavy (non-hydrogen) atoms. The zero-order valence-electron chi connectivity index (χ0n) is 11.8. The number of carbonyl (C=O) groups excluding carboxylic acids is 1. The van der Waals surface area contributed by atoms with Gasteiger partial charge in [0.15, 0.2) is 0 Å². The van der Waals surface area contributed by atoms with E-state index in [9.17, 15) is 4.79 Å². The quantitative estimate of drug-likeness (QED) is 0.635. The SMILES string of the molecule is CC[C@@H](Sc1ccc(Cl)cc1)C(=O)Nc1cc(Cl)ccc1Cl. The minimum Gasteiger partial charge on any atom is -0.324 e. The molecule has 0 unspecified atom stereocenters. The lowest BCUT2D eigenvalue weighted by atomic mass is 10.2. The monoisotopic (exact) mass is 373 g/mol. The van der Waals surface area contributed by atoms with Gasteiger partial charge in [-0.3, -0.25) is 4.79 Å². The van der Waals surface area contributed by atoms with Crippen LogP contribution in [0.15, 0.2) is 47.4 Å². The van der Waals surface area contributed by atoms with Crippen LogP contribution in [0, 0.1) is 0 Å². The van der Waals surface area contributed by atoms with Crippen molar-refractivity contribution in [1.29, 1.82) is 0 Å². The molecular weight excluding hydrogens is 361 g/mol. The van der Waals surface area contributed by atoms with Crippen molar-refractivity contribution < 1.29 is 4.79 Å². The number of halogens is 3. The molecule has 0 saturated heterocycles. The maximum Gasteiger partial charge on any atom is 0.237 e. The Kier molecular flexibility index (Phi) is 6.45. The Hall–Kier alpha value is -0.870. The molecule has 1 N–H and O–H groups in total. The van der Waals surface area contributed by atoms with Crippen LogP contribution in [-0.2, 0) is 4.79 Å². The summed E-state index contributed by atoms with van der Waals surface area (Å²) >= 11 is 19.4. The van der Waals surface area contributed by atoms with Gasteiger partial charge in [-0.15, -0.1) is 11.8 Å². The highest BCUT2D eigenvalue weighted by Crippen LogP contribution is 2.30. The first-order valence-electron chi connectivity index (χ1n) is 6.67. The van der Waals surface area contributed by atoms with Gasteiger partial charge in [0.05, 0.1) is 16.0 Å². The van der Waals surface area contributed by atoms with Crippen LogP contribution in [0.5, 0.6) is 0 Å². The van der Waals surface area contributed by atoms with E-state index >= 15 is 0 Å². The van der Waals surface area contributed by atoms with Gasteiger partial charge in [-0.25, -0.2) is 0 Å². The van der Waals surface area contributed by atoms with E-state index < -0.39 is 0 Å². The molecule has 0 aliphatic carbocycles. The molecule has 116 valence electrons. The van der Waals surface area contributed by atoms with E-state index in [1.165, 1.54) is 11.8 Å². The number of thioether (sulfide) groups is 1. The van der Waals surface area contributed by atoms with Crippen LogP contribution in [0.4, 0.5) is 5.69 Å². The minimum absolute atomic E-state index is 0.105. The zero-order chi connectivity index (χ0) is 16.1. The van der Waals surface area contributed by atoms with Crippen LogP contribution in [0.25, 0.3) is 0 Å². The van der Waals surface area contributed by atoms with Crippen LogP contribution in [0.1, 0.15) is 13.3 Å². The van der Waals surface area contributed by atoms with E-state index in [1.54, 1.807) is 18.2 Å². The van der Waals surface area contributed by atoms with Crippen molar-refractivity contribution in [2.45, 2.75) is 23.5 Å². The topological polar surface area (TPSA) is 29.1 Å². The van der Waals surface area contributed by atoms with Crippen molar-refractivity contribution >= 4 is 58.2 Å². The van der Waals surface area contributed by atoms with Crippen molar-refractivity contribution in [3.8, 4) is 0 Å². The second-order valence-corrected chi connectivity index (χ2v) is 7.14. The second kappa shape index (κ2) is 8.11. The van der Waals surface area contributed by atoms with Gasteiger partial charge in [0.25, 0.3) is 0 Å². The van der Waals surface area contributed by atoms with Crippen molar-refractivity contribution in [2.24, 2.45) is 0 Å². The molecule has 1 amide bonds. The minimum atomic E-state index is -0.226. The predicted molar refractivity (Wildman–Crippen MR) is 96.5 cm³/mol. The molecule has 2 aromatic rings. The van der Waals surface area contributed by atoms with Crippen molar-refractivity contribution in [3.05, 3.63) is 57.5 Å². The molecule has 0 radical (unpaired) electrons. The number of amides is 1. The predicted octanol–water partition coefficient (Wildman–Crippen LogP) is 6.16. The molecular formula is C16H14Cl3NOS. The van der Waals surface area contributed by atoms with E-state index in [2.05, 4.69) is 5.32 Å². The number of nitrogens with one attached hydrogen (secondary N) is 1. The van der Waals surface area contributed by atoms with Crippen molar-refractivity contribution in [1.82, 2.24) is 0 Å². The number of benzene rings is 2. The number of carbonyl (C=O) groups is 1. The molecule has 0 bridgehead atoms. The molecule has 2 aromatic carbocycles. The standard InChI is InChI=1S/C16H14Cl3NOS/c1-2-15(22-12-6-3-10(17)4-7-12)16(21)20-14-9-11(18)5-8-13(14)19/h3-9,15H,2H2,1H3,(H,20,21)/t15-/m1/s1. The van der Waals surface area contributed by atoms with Crippen LogP contribution < -0.4 is 5.32 Å². The summed E-state index contributed by atoms with van der Waals surface area (Å²) in [5.41, 5.74) is 0.523. The number of hydrogen-bond acceptors (Lipinski definition) is 2. The zero-order valence-corrected chi connectivity index (χ0v) is 14.9. The van der Waals surface area contributed by atoms with E-state index in [0.717, 1.165) is 4.90 Å². The first kappa shape index (κ1) is 17.5. The molecule has 2 nitrogen and oxygen atoms in total. The van der Waals surface area contributed by atoms with Gasteiger partial charge >= 0.3 is 0 Å². The number of rotatable bonds is 5. The molecule has 0 aromatic heterocycles. The Morgan fingerprint density at radius 1 is 1.09 bits per heavy atom. The molecule has 0 saturated carbocycles. The first-order chi connectivity index (χ1) is 10.5.